The van der Waals surface area contributed by atoms with Crippen LogP contribution in [0.2, 0.25) is 0 Å². The Morgan fingerprint density at radius 2 is 2.28 bits per heavy atom. The van der Waals surface area contributed by atoms with Crippen LogP contribution in [-0.4, -0.2) is 27.9 Å². The van der Waals surface area contributed by atoms with Crippen molar-refractivity contribution in [3.63, 3.8) is 0 Å². The third-order valence-electron chi connectivity index (χ3n) is 3.14. The molecule has 3 rings (SSSR count). The molecule has 3 heterocycles. The van der Waals surface area contributed by atoms with E-state index in [0.29, 0.717) is 12.2 Å². The zero-order valence-corrected chi connectivity index (χ0v) is 9.92. The van der Waals surface area contributed by atoms with Crippen LogP contribution in [0.15, 0.2) is 30.1 Å². The topological polar surface area (TPSA) is 59.5 Å². The fourth-order valence-corrected chi connectivity index (χ4v) is 2.21. The number of likely N-dealkylation sites (tertiary alicyclic amines) is 1. The third-order valence-corrected chi connectivity index (χ3v) is 3.14. The lowest BCUT2D eigenvalue weighted by molar-refractivity contribution is -0.139. The molecule has 1 amide bonds. The van der Waals surface area contributed by atoms with Crippen molar-refractivity contribution in [1.82, 2.24) is 9.88 Å². The molecule has 5 heteroatoms. The summed E-state index contributed by atoms with van der Waals surface area (Å²) in [4.78, 5) is 28.8. The molecule has 92 valence electrons. The van der Waals surface area contributed by atoms with Crippen molar-refractivity contribution in [1.29, 1.82) is 0 Å². The van der Waals surface area contributed by atoms with Gasteiger partial charge in [-0.2, -0.15) is 0 Å². The highest BCUT2D eigenvalue weighted by Crippen LogP contribution is 2.31. The van der Waals surface area contributed by atoms with Gasteiger partial charge >= 0.3 is 5.97 Å². The average molecular weight is 244 g/mol. The Morgan fingerprint density at radius 1 is 1.44 bits per heavy atom. The van der Waals surface area contributed by atoms with E-state index >= 15 is 0 Å². The van der Waals surface area contributed by atoms with Gasteiger partial charge in [-0.1, -0.05) is 6.07 Å². The van der Waals surface area contributed by atoms with E-state index in [0.717, 1.165) is 11.3 Å². The summed E-state index contributed by atoms with van der Waals surface area (Å²) >= 11 is 0. The maximum Gasteiger partial charge on any atom is 0.333 e. The number of nitrogens with zero attached hydrogens (tertiary/aromatic N) is 2. The number of hydrogen-bond acceptors (Lipinski definition) is 4. The summed E-state index contributed by atoms with van der Waals surface area (Å²) in [6.07, 6.45) is 3.01. The van der Waals surface area contributed by atoms with Gasteiger partial charge in [0.05, 0.1) is 18.7 Å². The van der Waals surface area contributed by atoms with E-state index in [2.05, 4.69) is 4.98 Å². The van der Waals surface area contributed by atoms with Gasteiger partial charge in [-0.15, -0.1) is 0 Å². The monoisotopic (exact) mass is 244 g/mol. The summed E-state index contributed by atoms with van der Waals surface area (Å²) in [6.45, 7) is 2.35. The molecule has 18 heavy (non-hydrogen) atoms. The fourth-order valence-electron chi connectivity index (χ4n) is 2.21. The van der Waals surface area contributed by atoms with Crippen LogP contribution in [0.5, 0.6) is 0 Å². The summed E-state index contributed by atoms with van der Waals surface area (Å²) < 4.78 is 5.03. The number of carbonyl (C=O) groups excluding carboxylic acids is 2. The van der Waals surface area contributed by atoms with Crippen molar-refractivity contribution >= 4 is 11.9 Å². The molecule has 1 unspecified atom stereocenters. The van der Waals surface area contributed by atoms with Gasteiger partial charge in [0, 0.05) is 18.0 Å². The molecule has 1 atom stereocenters. The van der Waals surface area contributed by atoms with Crippen LogP contribution in [-0.2, 0) is 20.9 Å². The molecule has 1 aromatic rings. The number of hydrogen-bond donors (Lipinski definition) is 0. The first-order chi connectivity index (χ1) is 8.63. The molecular weight excluding hydrogens is 232 g/mol. The van der Waals surface area contributed by atoms with Crippen LogP contribution in [0.25, 0.3) is 0 Å². The molecule has 1 aromatic heterocycles. The molecule has 2 aliphatic rings. The van der Waals surface area contributed by atoms with E-state index in [-0.39, 0.29) is 24.4 Å². The lowest BCUT2D eigenvalue weighted by Crippen LogP contribution is -2.23. The van der Waals surface area contributed by atoms with E-state index in [1.165, 1.54) is 6.08 Å². The zero-order chi connectivity index (χ0) is 12.7. The van der Waals surface area contributed by atoms with Gasteiger partial charge in [0.25, 0.3) is 0 Å². The predicted molar refractivity (Wildman–Crippen MR) is 62.1 cm³/mol. The number of aryl methyl sites for hydroxylation is 1. The highest BCUT2D eigenvalue weighted by molar-refractivity contribution is 5.92. The van der Waals surface area contributed by atoms with E-state index in [4.69, 9.17) is 4.74 Å². The first-order valence-electron chi connectivity index (χ1n) is 5.77. The maximum absolute atomic E-state index is 11.8. The standard InChI is InChI=1S/C13H12N2O3/c1-8-2-3-9(6-14-8)7-15-10-4-13(17)18-11(10)5-12(15)16/h2-4,6,11H,5,7H2,1H3. The van der Waals surface area contributed by atoms with E-state index in [1.807, 2.05) is 19.1 Å². The SMILES string of the molecule is Cc1ccc(CN2C(=O)CC3OC(=O)C=C32)cn1. The number of fused-ring (bicyclic) bond motifs is 1. The summed E-state index contributed by atoms with van der Waals surface area (Å²) in [5.41, 5.74) is 2.54. The van der Waals surface area contributed by atoms with Crippen molar-refractivity contribution in [3.05, 3.63) is 41.4 Å². The molecule has 0 aliphatic carbocycles. The highest BCUT2D eigenvalue weighted by Gasteiger charge is 2.41. The maximum atomic E-state index is 11.8. The Labute approximate surface area is 104 Å². The molecule has 1 fully saturated rings. The molecule has 1 saturated heterocycles. The molecule has 0 N–H and O–H groups in total. The summed E-state index contributed by atoms with van der Waals surface area (Å²) in [6, 6.07) is 3.83. The summed E-state index contributed by atoms with van der Waals surface area (Å²) in [5.74, 6) is -0.381. The highest BCUT2D eigenvalue weighted by atomic mass is 16.5. The van der Waals surface area contributed by atoms with E-state index in [1.54, 1.807) is 11.1 Å². The van der Waals surface area contributed by atoms with Crippen LogP contribution in [0.3, 0.4) is 0 Å². The minimum atomic E-state index is -0.386. The van der Waals surface area contributed by atoms with Gasteiger partial charge in [-0.3, -0.25) is 9.78 Å². The van der Waals surface area contributed by atoms with Crippen molar-refractivity contribution in [3.8, 4) is 0 Å². The molecule has 0 saturated carbocycles. The van der Waals surface area contributed by atoms with Gasteiger partial charge in [-0.25, -0.2) is 4.79 Å². The predicted octanol–water partition coefficient (Wildman–Crippen LogP) is 0.932. The van der Waals surface area contributed by atoms with Crippen LogP contribution >= 0.6 is 0 Å². The number of esters is 1. The third kappa shape index (κ3) is 1.77. The lowest BCUT2D eigenvalue weighted by atomic mass is 10.2. The smallest absolute Gasteiger partial charge is 0.333 e. The van der Waals surface area contributed by atoms with Crippen LogP contribution in [0.4, 0.5) is 0 Å². The zero-order valence-electron chi connectivity index (χ0n) is 9.92. The quantitative estimate of drug-likeness (QED) is 0.726. The number of carbonyl (C=O) groups is 2. The second-order valence-corrected chi connectivity index (χ2v) is 4.49. The summed E-state index contributed by atoms with van der Waals surface area (Å²) in [7, 11) is 0. The lowest BCUT2D eigenvalue weighted by Gasteiger charge is -2.16. The Hall–Kier alpha value is -2.17. The molecular formula is C13H12N2O3. The fraction of sp³-hybridized carbons (Fsp3) is 0.308. The molecule has 2 aliphatic heterocycles. The number of amides is 1. The molecule has 0 spiro atoms. The molecule has 5 nitrogen and oxygen atoms in total. The van der Waals surface area contributed by atoms with Crippen molar-refractivity contribution < 1.29 is 14.3 Å². The number of rotatable bonds is 2. The minimum Gasteiger partial charge on any atom is -0.452 e. The van der Waals surface area contributed by atoms with Gasteiger partial charge in [0.15, 0.2) is 6.10 Å². The number of pyridine rings is 1. The molecule has 0 bridgehead atoms. The van der Waals surface area contributed by atoms with E-state index in [9.17, 15) is 9.59 Å². The summed E-state index contributed by atoms with van der Waals surface area (Å²) in [5, 5.41) is 0. The number of aromatic nitrogens is 1. The van der Waals surface area contributed by atoms with Gasteiger partial charge in [0.1, 0.15) is 0 Å². The van der Waals surface area contributed by atoms with Crippen LogP contribution in [0, 0.1) is 6.92 Å². The Balaban J connectivity index is 1.83. The van der Waals surface area contributed by atoms with Crippen molar-refractivity contribution in [2.24, 2.45) is 0 Å². The Kier molecular flexibility index (Phi) is 2.40. The van der Waals surface area contributed by atoms with Gasteiger partial charge in [-0.05, 0) is 18.6 Å². The Morgan fingerprint density at radius 3 is 3.00 bits per heavy atom. The average Bonchev–Trinajstić information content (AvgIpc) is 2.80. The second-order valence-electron chi connectivity index (χ2n) is 4.49. The first-order valence-corrected chi connectivity index (χ1v) is 5.77. The molecule has 0 aromatic carbocycles. The van der Waals surface area contributed by atoms with Crippen molar-refractivity contribution in [2.45, 2.75) is 26.0 Å². The molecule has 0 radical (unpaired) electrons. The van der Waals surface area contributed by atoms with Gasteiger partial charge in [0.2, 0.25) is 5.91 Å². The minimum absolute atomic E-state index is 0.0145. The Bertz CT molecular complexity index is 548. The normalized spacial score (nSPS) is 21.9. The van der Waals surface area contributed by atoms with Crippen molar-refractivity contribution in [2.75, 3.05) is 0 Å². The van der Waals surface area contributed by atoms with Crippen LogP contribution in [0.1, 0.15) is 17.7 Å². The number of ether oxygens (including phenoxy) is 1. The second kappa shape index (κ2) is 3.94. The first kappa shape index (κ1) is 11.0. The van der Waals surface area contributed by atoms with Crippen LogP contribution < -0.4 is 0 Å². The largest absolute Gasteiger partial charge is 0.452 e. The van der Waals surface area contributed by atoms with E-state index < -0.39 is 0 Å². The van der Waals surface area contributed by atoms with Gasteiger partial charge < -0.3 is 9.64 Å².